The van der Waals surface area contributed by atoms with Crippen molar-refractivity contribution in [3.8, 4) is 0 Å². The van der Waals surface area contributed by atoms with Gasteiger partial charge in [0.15, 0.2) is 0 Å². The lowest BCUT2D eigenvalue weighted by Crippen LogP contribution is -2.36. The smallest absolute Gasteiger partial charge is 0.223 e. The highest BCUT2D eigenvalue weighted by atomic mass is 16.1. The van der Waals surface area contributed by atoms with Crippen molar-refractivity contribution in [1.82, 2.24) is 10.6 Å². The molecule has 1 aliphatic rings. The molecule has 0 aliphatic heterocycles. The van der Waals surface area contributed by atoms with E-state index in [9.17, 15) is 4.79 Å². The normalized spacial score (nSPS) is 24.9. The van der Waals surface area contributed by atoms with Gasteiger partial charge in [0, 0.05) is 19.0 Å². The number of nitrogens with one attached hydrogen (secondary N) is 2. The van der Waals surface area contributed by atoms with E-state index < -0.39 is 0 Å². The standard InChI is InChI=1S/C15H30N2O/c1-15(2,3)11-12-5-7-13(8-6-12)14(18)17-10-9-16-4/h12-13,16H,5-11H2,1-4H3,(H,17,18). The molecule has 1 saturated carbocycles. The van der Waals surface area contributed by atoms with E-state index in [1.807, 2.05) is 7.05 Å². The third kappa shape index (κ3) is 5.85. The molecule has 106 valence electrons. The molecular weight excluding hydrogens is 224 g/mol. The van der Waals surface area contributed by atoms with Crippen LogP contribution in [0.4, 0.5) is 0 Å². The molecule has 1 amide bonds. The summed E-state index contributed by atoms with van der Waals surface area (Å²) < 4.78 is 0. The fourth-order valence-corrected chi connectivity index (χ4v) is 2.95. The fraction of sp³-hybridized carbons (Fsp3) is 0.933. The van der Waals surface area contributed by atoms with Crippen molar-refractivity contribution in [3.63, 3.8) is 0 Å². The maximum atomic E-state index is 11.9. The Bertz CT molecular complexity index is 250. The second-order valence-corrected chi connectivity index (χ2v) is 6.88. The molecule has 0 aromatic heterocycles. The lowest BCUT2D eigenvalue weighted by atomic mass is 9.74. The highest BCUT2D eigenvalue weighted by Crippen LogP contribution is 2.36. The van der Waals surface area contributed by atoms with Gasteiger partial charge < -0.3 is 10.6 Å². The predicted molar refractivity (Wildman–Crippen MR) is 76.5 cm³/mol. The molecule has 0 atom stereocenters. The van der Waals surface area contributed by atoms with Crippen molar-refractivity contribution >= 4 is 5.91 Å². The minimum atomic E-state index is 0.262. The summed E-state index contributed by atoms with van der Waals surface area (Å²) in [6, 6.07) is 0. The van der Waals surface area contributed by atoms with Gasteiger partial charge in [0.25, 0.3) is 0 Å². The second kappa shape index (κ2) is 7.13. The quantitative estimate of drug-likeness (QED) is 0.740. The first kappa shape index (κ1) is 15.5. The van der Waals surface area contributed by atoms with E-state index in [2.05, 4.69) is 31.4 Å². The fourth-order valence-electron chi connectivity index (χ4n) is 2.95. The molecule has 18 heavy (non-hydrogen) atoms. The van der Waals surface area contributed by atoms with Gasteiger partial charge in [-0.3, -0.25) is 4.79 Å². The van der Waals surface area contributed by atoms with Crippen LogP contribution in [0.5, 0.6) is 0 Å². The number of likely N-dealkylation sites (N-methyl/N-ethyl adjacent to an activating group) is 1. The van der Waals surface area contributed by atoms with E-state index in [0.29, 0.717) is 5.41 Å². The van der Waals surface area contributed by atoms with Crippen molar-refractivity contribution < 1.29 is 4.79 Å². The third-order valence-electron chi connectivity index (χ3n) is 3.79. The Morgan fingerprint density at radius 1 is 1.11 bits per heavy atom. The van der Waals surface area contributed by atoms with E-state index in [0.717, 1.165) is 31.8 Å². The molecule has 1 aliphatic carbocycles. The molecule has 0 aromatic rings. The van der Waals surface area contributed by atoms with Crippen LogP contribution in [0.15, 0.2) is 0 Å². The minimum absolute atomic E-state index is 0.262. The number of carbonyl (C=O) groups is 1. The maximum Gasteiger partial charge on any atom is 0.223 e. The molecule has 0 spiro atoms. The van der Waals surface area contributed by atoms with E-state index >= 15 is 0 Å². The summed E-state index contributed by atoms with van der Waals surface area (Å²) in [5.41, 5.74) is 0.423. The van der Waals surface area contributed by atoms with E-state index in [1.165, 1.54) is 19.3 Å². The molecular formula is C15H30N2O. The zero-order valence-electron chi connectivity index (χ0n) is 12.5. The Hall–Kier alpha value is -0.570. The van der Waals surface area contributed by atoms with Crippen molar-refractivity contribution in [2.24, 2.45) is 17.3 Å². The maximum absolute atomic E-state index is 11.9. The summed E-state index contributed by atoms with van der Waals surface area (Å²) in [5.74, 6) is 1.35. The van der Waals surface area contributed by atoms with Crippen LogP contribution in [0, 0.1) is 17.3 Å². The van der Waals surface area contributed by atoms with Gasteiger partial charge >= 0.3 is 0 Å². The van der Waals surface area contributed by atoms with Gasteiger partial charge in [-0.05, 0) is 50.5 Å². The van der Waals surface area contributed by atoms with Gasteiger partial charge in [0.05, 0.1) is 0 Å². The highest BCUT2D eigenvalue weighted by Gasteiger charge is 2.28. The van der Waals surface area contributed by atoms with Gasteiger partial charge in [-0.15, -0.1) is 0 Å². The van der Waals surface area contributed by atoms with Crippen LogP contribution in [0.1, 0.15) is 52.9 Å². The van der Waals surface area contributed by atoms with Gasteiger partial charge in [-0.2, -0.15) is 0 Å². The first-order valence-electron chi connectivity index (χ1n) is 7.34. The Morgan fingerprint density at radius 3 is 2.22 bits per heavy atom. The van der Waals surface area contributed by atoms with Crippen molar-refractivity contribution in [2.75, 3.05) is 20.1 Å². The Morgan fingerprint density at radius 2 is 1.72 bits per heavy atom. The van der Waals surface area contributed by atoms with Crippen LogP contribution in [-0.4, -0.2) is 26.0 Å². The summed E-state index contributed by atoms with van der Waals surface area (Å²) in [5, 5.41) is 6.06. The highest BCUT2D eigenvalue weighted by molar-refractivity contribution is 5.78. The Balaban J connectivity index is 2.24. The monoisotopic (exact) mass is 254 g/mol. The third-order valence-corrected chi connectivity index (χ3v) is 3.79. The molecule has 1 rings (SSSR count). The zero-order chi connectivity index (χ0) is 13.6. The van der Waals surface area contributed by atoms with Gasteiger partial charge in [-0.1, -0.05) is 20.8 Å². The average molecular weight is 254 g/mol. The Kier molecular flexibility index (Phi) is 6.13. The van der Waals surface area contributed by atoms with Crippen LogP contribution in [0.25, 0.3) is 0 Å². The topological polar surface area (TPSA) is 41.1 Å². The number of hydrogen-bond donors (Lipinski definition) is 2. The van der Waals surface area contributed by atoms with E-state index in [4.69, 9.17) is 0 Å². The molecule has 0 saturated heterocycles. The second-order valence-electron chi connectivity index (χ2n) is 6.88. The van der Waals surface area contributed by atoms with Gasteiger partial charge in [-0.25, -0.2) is 0 Å². The summed E-state index contributed by atoms with van der Waals surface area (Å²) in [7, 11) is 1.91. The molecule has 0 heterocycles. The van der Waals surface area contributed by atoms with Gasteiger partial charge in [0.1, 0.15) is 0 Å². The average Bonchev–Trinajstić information content (AvgIpc) is 2.28. The lowest BCUT2D eigenvalue weighted by molar-refractivity contribution is -0.126. The first-order valence-corrected chi connectivity index (χ1v) is 7.34. The molecule has 0 bridgehead atoms. The van der Waals surface area contributed by atoms with Crippen molar-refractivity contribution in [3.05, 3.63) is 0 Å². The van der Waals surface area contributed by atoms with Crippen LogP contribution in [0.3, 0.4) is 0 Å². The van der Waals surface area contributed by atoms with Crippen molar-refractivity contribution in [1.29, 1.82) is 0 Å². The minimum Gasteiger partial charge on any atom is -0.355 e. The van der Waals surface area contributed by atoms with Crippen molar-refractivity contribution in [2.45, 2.75) is 52.9 Å². The summed E-state index contributed by atoms with van der Waals surface area (Å²) >= 11 is 0. The van der Waals surface area contributed by atoms with E-state index in [-0.39, 0.29) is 11.8 Å². The summed E-state index contributed by atoms with van der Waals surface area (Å²) in [6.07, 6.45) is 5.89. The van der Waals surface area contributed by atoms with Crippen LogP contribution < -0.4 is 10.6 Å². The number of amides is 1. The summed E-state index contributed by atoms with van der Waals surface area (Å²) in [4.78, 5) is 11.9. The van der Waals surface area contributed by atoms with E-state index in [1.54, 1.807) is 0 Å². The molecule has 2 N–H and O–H groups in total. The number of carbonyl (C=O) groups excluding carboxylic acids is 1. The largest absolute Gasteiger partial charge is 0.355 e. The van der Waals surface area contributed by atoms with Crippen LogP contribution >= 0.6 is 0 Å². The molecule has 3 nitrogen and oxygen atoms in total. The van der Waals surface area contributed by atoms with Crippen LogP contribution in [-0.2, 0) is 4.79 Å². The van der Waals surface area contributed by atoms with Gasteiger partial charge in [0.2, 0.25) is 5.91 Å². The summed E-state index contributed by atoms with van der Waals surface area (Å²) in [6.45, 7) is 8.53. The number of hydrogen-bond acceptors (Lipinski definition) is 2. The molecule has 1 fully saturated rings. The predicted octanol–water partition coefficient (Wildman–Crippen LogP) is 2.56. The zero-order valence-corrected chi connectivity index (χ0v) is 12.5. The molecule has 0 unspecified atom stereocenters. The molecule has 0 radical (unpaired) electrons. The van der Waals surface area contributed by atoms with Crippen LogP contribution in [0.2, 0.25) is 0 Å². The molecule has 0 aromatic carbocycles. The Labute approximate surface area is 112 Å². The first-order chi connectivity index (χ1) is 8.42. The lowest BCUT2D eigenvalue weighted by Gasteiger charge is -2.32. The SMILES string of the molecule is CNCCNC(=O)C1CCC(CC(C)(C)C)CC1. The number of rotatable bonds is 5. The molecule has 3 heteroatoms.